The molecule has 0 aliphatic rings. The Bertz CT molecular complexity index is 509. The molecule has 104 valence electrons. The van der Waals surface area contributed by atoms with E-state index in [0.29, 0.717) is 0 Å². The highest BCUT2D eigenvalue weighted by Crippen LogP contribution is 2.16. The fourth-order valence-corrected chi connectivity index (χ4v) is 1.60. The van der Waals surface area contributed by atoms with E-state index in [0.717, 1.165) is 12.1 Å². The third-order valence-electron chi connectivity index (χ3n) is 2.47. The number of halogens is 2. The molecule has 7 heteroatoms. The number of benzene rings is 1. The van der Waals surface area contributed by atoms with Gasteiger partial charge in [-0.2, -0.15) is 0 Å². The van der Waals surface area contributed by atoms with Gasteiger partial charge in [0, 0.05) is 12.1 Å². The van der Waals surface area contributed by atoms with Gasteiger partial charge in [-0.05, 0) is 25.1 Å². The number of carbonyl (C=O) groups excluding carboxylic acids is 1. The fraction of sp³-hybridized carbons (Fsp3) is 0.333. The van der Waals surface area contributed by atoms with Crippen molar-refractivity contribution in [3.63, 3.8) is 0 Å². The average molecular weight is 290 g/mol. The largest absolute Gasteiger partial charge is 0.479 e. The van der Waals surface area contributed by atoms with Crippen LogP contribution >= 0.6 is 11.6 Å². The van der Waals surface area contributed by atoms with Crippen LogP contribution < -0.4 is 5.32 Å². The summed E-state index contributed by atoms with van der Waals surface area (Å²) in [6.45, 7) is 1.01. The van der Waals surface area contributed by atoms with Gasteiger partial charge >= 0.3 is 5.97 Å². The zero-order valence-corrected chi connectivity index (χ0v) is 11.1. The van der Waals surface area contributed by atoms with E-state index >= 15 is 0 Å². The second-order valence-electron chi connectivity index (χ2n) is 4.15. The molecule has 19 heavy (non-hydrogen) atoms. The lowest BCUT2D eigenvalue weighted by Gasteiger charge is -2.25. The molecular weight excluding hydrogens is 277 g/mol. The Morgan fingerprint density at radius 2 is 2.16 bits per heavy atom. The number of methoxy groups -OCH3 is 1. The number of carboxylic acid groups (broad SMARTS) is 1. The van der Waals surface area contributed by atoms with Crippen molar-refractivity contribution in [3.8, 4) is 0 Å². The van der Waals surface area contributed by atoms with Gasteiger partial charge in [-0.25, -0.2) is 9.18 Å². The van der Waals surface area contributed by atoms with Gasteiger partial charge in [0.15, 0.2) is 5.54 Å². The molecule has 5 nitrogen and oxygen atoms in total. The van der Waals surface area contributed by atoms with Gasteiger partial charge in [-0.15, -0.1) is 0 Å². The fourth-order valence-electron chi connectivity index (χ4n) is 1.43. The van der Waals surface area contributed by atoms with Crippen molar-refractivity contribution in [3.05, 3.63) is 34.6 Å². The predicted octanol–water partition coefficient (Wildman–Crippen LogP) is 1.70. The van der Waals surface area contributed by atoms with Crippen molar-refractivity contribution < 1.29 is 23.8 Å². The highest BCUT2D eigenvalue weighted by atomic mass is 35.5. The van der Waals surface area contributed by atoms with Gasteiger partial charge in [0.05, 0.1) is 12.2 Å². The van der Waals surface area contributed by atoms with Crippen molar-refractivity contribution in [1.29, 1.82) is 0 Å². The summed E-state index contributed by atoms with van der Waals surface area (Å²) in [4.78, 5) is 23.0. The minimum absolute atomic E-state index is 0.176. The minimum Gasteiger partial charge on any atom is -0.479 e. The molecule has 0 saturated carbocycles. The van der Waals surface area contributed by atoms with E-state index in [9.17, 15) is 14.0 Å². The molecule has 0 bridgehead atoms. The Labute approximate surface area is 114 Å². The maximum absolute atomic E-state index is 13.5. The number of hydrogen-bond donors (Lipinski definition) is 2. The Hall–Kier alpha value is -1.66. The van der Waals surface area contributed by atoms with Gasteiger partial charge in [-0.3, -0.25) is 4.79 Å². The van der Waals surface area contributed by atoms with Crippen LogP contribution in [0.1, 0.15) is 17.3 Å². The van der Waals surface area contributed by atoms with Crippen molar-refractivity contribution >= 4 is 23.5 Å². The third-order valence-corrected chi connectivity index (χ3v) is 2.70. The number of nitrogens with one attached hydrogen (secondary N) is 1. The first kappa shape index (κ1) is 15.4. The van der Waals surface area contributed by atoms with Crippen molar-refractivity contribution in [1.82, 2.24) is 5.32 Å². The van der Waals surface area contributed by atoms with Gasteiger partial charge < -0.3 is 15.2 Å². The van der Waals surface area contributed by atoms with Gasteiger partial charge in [0.25, 0.3) is 5.91 Å². The summed E-state index contributed by atoms with van der Waals surface area (Å²) in [5.74, 6) is -2.95. The van der Waals surface area contributed by atoms with Gasteiger partial charge in [-0.1, -0.05) is 11.6 Å². The molecule has 0 spiro atoms. The monoisotopic (exact) mass is 289 g/mol. The number of rotatable bonds is 5. The predicted molar refractivity (Wildman–Crippen MR) is 66.8 cm³/mol. The summed E-state index contributed by atoms with van der Waals surface area (Å²) in [7, 11) is 1.30. The molecule has 1 amide bonds. The molecular formula is C12H13ClFNO4. The van der Waals surface area contributed by atoms with Crippen LogP contribution in [-0.2, 0) is 9.53 Å². The first-order valence-electron chi connectivity index (χ1n) is 5.30. The molecule has 0 aliphatic carbocycles. The zero-order chi connectivity index (χ0) is 14.6. The number of amides is 1. The minimum atomic E-state index is -1.65. The summed E-state index contributed by atoms with van der Waals surface area (Å²) < 4.78 is 18.2. The molecule has 0 radical (unpaired) electrons. The first-order valence-corrected chi connectivity index (χ1v) is 5.68. The maximum atomic E-state index is 13.5. The summed E-state index contributed by atoms with van der Waals surface area (Å²) in [5, 5.41) is 11.5. The molecule has 1 unspecified atom stereocenters. The summed E-state index contributed by atoms with van der Waals surface area (Å²) in [6, 6.07) is 3.45. The van der Waals surface area contributed by atoms with E-state index in [1.165, 1.54) is 20.1 Å². The molecule has 2 N–H and O–H groups in total. The van der Waals surface area contributed by atoms with Crippen LogP contribution in [0, 0.1) is 5.82 Å². The molecule has 0 aliphatic heterocycles. The van der Waals surface area contributed by atoms with Crippen molar-refractivity contribution in [2.24, 2.45) is 0 Å². The van der Waals surface area contributed by atoms with E-state index < -0.39 is 23.2 Å². The van der Waals surface area contributed by atoms with E-state index in [2.05, 4.69) is 5.32 Å². The number of carbonyl (C=O) groups is 2. The SMILES string of the molecule is COCC(C)(NC(=O)c1cc(Cl)ccc1F)C(=O)O. The smallest absolute Gasteiger partial charge is 0.331 e. The topological polar surface area (TPSA) is 75.6 Å². The molecule has 0 aromatic heterocycles. The van der Waals surface area contributed by atoms with Crippen LogP contribution in [0.2, 0.25) is 5.02 Å². The molecule has 1 aromatic carbocycles. The molecule has 1 aromatic rings. The van der Waals surface area contributed by atoms with Crippen LogP contribution in [0.25, 0.3) is 0 Å². The quantitative estimate of drug-likeness (QED) is 0.865. The second kappa shape index (κ2) is 5.99. The van der Waals surface area contributed by atoms with E-state index in [-0.39, 0.29) is 17.2 Å². The van der Waals surface area contributed by atoms with Gasteiger partial charge in [0.2, 0.25) is 0 Å². The number of carboxylic acids is 1. The van der Waals surface area contributed by atoms with Crippen molar-refractivity contribution in [2.45, 2.75) is 12.5 Å². The Kier molecular flexibility index (Phi) is 4.85. The first-order chi connectivity index (χ1) is 8.80. The Morgan fingerprint density at radius 3 is 2.68 bits per heavy atom. The summed E-state index contributed by atoms with van der Waals surface area (Å²) in [6.07, 6.45) is 0. The molecule has 0 fully saturated rings. The molecule has 0 saturated heterocycles. The highest BCUT2D eigenvalue weighted by molar-refractivity contribution is 6.31. The Balaban J connectivity index is 3.00. The molecule has 1 rings (SSSR count). The van der Waals surface area contributed by atoms with E-state index in [4.69, 9.17) is 21.4 Å². The average Bonchev–Trinajstić information content (AvgIpc) is 2.32. The lowest BCUT2D eigenvalue weighted by Crippen LogP contribution is -2.55. The number of hydrogen-bond acceptors (Lipinski definition) is 3. The van der Waals surface area contributed by atoms with Crippen LogP contribution in [0.4, 0.5) is 4.39 Å². The van der Waals surface area contributed by atoms with Crippen LogP contribution in [0.5, 0.6) is 0 Å². The van der Waals surface area contributed by atoms with E-state index in [1.807, 2.05) is 0 Å². The number of aliphatic carboxylic acids is 1. The lowest BCUT2D eigenvalue weighted by atomic mass is 10.0. The van der Waals surface area contributed by atoms with Crippen LogP contribution in [0.15, 0.2) is 18.2 Å². The van der Waals surface area contributed by atoms with E-state index in [1.54, 1.807) is 0 Å². The van der Waals surface area contributed by atoms with Crippen LogP contribution in [-0.4, -0.2) is 36.2 Å². The van der Waals surface area contributed by atoms with Crippen molar-refractivity contribution in [2.75, 3.05) is 13.7 Å². The number of ether oxygens (including phenoxy) is 1. The highest BCUT2D eigenvalue weighted by Gasteiger charge is 2.35. The second-order valence-corrected chi connectivity index (χ2v) is 4.59. The van der Waals surface area contributed by atoms with Gasteiger partial charge in [0.1, 0.15) is 5.82 Å². The van der Waals surface area contributed by atoms with Crippen LogP contribution in [0.3, 0.4) is 0 Å². The third kappa shape index (κ3) is 3.65. The Morgan fingerprint density at radius 1 is 1.53 bits per heavy atom. The lowest BCUT2D eigenvalue weighted by molar-refractivity contribution is -0.145. The summed E-state index contributed by atoms with van der Waals surface area (Å²) >= 11 is 5.67. The zero-order valence-electron chi connectivity index (χ0n) is 10.4. The standard InChI is InChI=1S/C12H13ClFNO4/c1-12(6-19-2,11(17)18)15-10(16)8-5-7(13)3-4-9(8)14/h3-5H,6H2,1-2H3,(H,15,16)(H,17,18). The molecule has 1 atom stereocenters. The normalized spacial score (nSPS) is 13.7. The summed E-state index contributed by atoms with van der Waals surface area (Å²) in [5.41, 5.74) is -1.98. The maximum Gasteiger partial charge on any atom is 0.331 e. The molecule has 0 heterocycles.